The number of aliphatic carboxylic acids is 1. The van der Waals surface area contributed by atoms with E-state index in [0.29, 0.717) is 11.3 Å². The summed E-state index contributed by atoms with van der Waals surface area (Å²) in [5, 5.41) is 8.79. The van der Waals surface area contributed by atoms with Gasteiger partial charge in [0.25, 0.3) is 5.91 Å². The van der Waals surface area contributed by atoms with Crippen LogP contribution in [0.1, 0.15) is 24.2 Å². The van der Waals surface area contributed by atoms with Gasteiger partial charge in [-0.15, -0.1) is 0 Å². The third-order valence-electron chi connectivity index (χ3n) is 2.97. The van der Waals surface area contributed by atoms with Gasteiger partial charge < -0.3 is 14.7 Å². The second-order valence-corrected chi connectivity index (χ2v) is 4.94. The number of benzene rings is 1. The Bertz CT molecular complexity index is 492. The summed E-state index contributed by atoms with van der Waals surface area (Å²) in [4.78, 5) is 24.3. The molecule has 19 heavy (non-hydrogen) atoms. The fourth-order valence-corrected chi connectivity index (χ4v) is 1.96. The van der Waals surface area contributed by atoms with Crippen LogP contribution in [0.25, 0.3) is 0 Å². The van der Waals surface area contributed by atoms with Gasteiger partial charge in [-0.3, -0.25) is 9.59 Å². The standard InChI is InChI=1S/C14H17NO4/c1-9(2)19-12-5-3-4-10(6-12)13(16)15-7-11(8-15)14(17)18/h3-6,9,11H,7-8H2,1-2H3,(H,17,18). The molecule has 1 N–H and O–H groups in total. The molecule has 1 heterocycles. The van der Waals surface area contributed by atoms with Crippen LogP contribution in [-0.4, -0.2) is 41.1 Å². The number of amides is 1. The highest BCUT2D eigenvalue weighted by Gasteiger charge is 2.35. The minimum absolute atomic E-state index is 0.0470. The molecule has 1 aliphatic rings. The number of rotatable bonds is 4. The summed E-state index contributed by atoms with van der Waals surface area (Å²) in [6.07, 6.45) is 0.0470. The zero-order chi connectivity index (χ0) is 14.0. The molecule has 0 unspecified atom stereocenters. The molecule has 0 radical (unpaired) electrons. The molecule has 5 nitrogen and oxygen atoms in total. The summed E-state index contributed by atoms with van der Waals surface area (Å²) in [5.41, 5.74) is 0.530. The Morgan fingerprint density at radius 2 is 2.05 bits per heavy atom. The van der Waals surface area contributed by atoms with Crippen LogP contribution in [0.15, 0.2) is 24.3 Å². The van der Waals surface area contributed by atoms with Crippen molar-refractivity contribution in [3.63, 3.8) is 0 Å². The number of carbonyl (C=O) groups is 2. The van der Waals surface area contributed by atoms with Crippen LogP contribution in [0.3, 0.4) is 0 Å². The summed E-state index contributed by atoms with van der Waals surface area (Å²) < 4.78 is 5.53. The minimum atomic E-state index is -0.846. The van der Waals surface area contributed by atoms with E-state index < -0.39 is 11.9 Å². The molecule has 0 aromatic heterocycles. The average molecular weight is 263 g/mol. The van der Waals surface area contributed by atoms with Gasteiger partial charge in [-0.25, -0.2) is 0 Å². The summed E-state index contributed by atoms with van der Waals surface area (Å²) in [7, 11) is 0. The van der Waals surface area contributed by atoms with E-state index in [1.807, 2.05) is 13.8 Å². The molecule has 1 aliphatic heterocycles. The quantitative estimate of drug-likeness (QED) is 0.896. The average Bonchev–Trinajstić information content (AvgIpc) is 2.25. The van der Waals surface area contributed by atoms with E-state index in [0.717, 1.165) is 0 Å². The Labute approximate surface area is 111 Å². The molecule has 0 bridgehead atoms. The van der Waals surface area contributed by atoms with Crippen molar-refractivity contribution in [3.05, 3.63) is 29.8 Å². The van der Waals surface area contributed by atoms with Crippen LogP contribution in [0, 0.1) is 5.92 Å². The first-order valence-electron chi connectivity index (χ1n) is 6.26. The van der Waals surface area contributed by atoms with Crippen LogP contribution >= 0.6 is 0 Å². The Balaban J connectivity index is 2.02. The van der Waals surface area contributed by atoms with Crippen molar-refractivity contribution in [3.8, 4) is 5.75 Å². The van der Waals surface area contributed by atoms with Crippen molar-refractivity contribution in [1.82, 2.24) is 4.90 Å². The Morgan fingerprint density at radius 3 is 2.63 bits per heavy atom. The van der Waals surface area contributed by atoms with Gasteiger partial charge in [-0.05, 0) is 32.0 Å². The predicted octanol–water partition coefficient (Wildman–Crippen LogP) is 1.63. The molecule has 1 aromatic rings. The van der Waals surface area contributed by atoms with E-state index in [1.54, 1.807) is 24.3 Å². The fraction of sp³-hybridized carbons (Fsp3) is 0.429. The van der Waals surface area contributed by atoms with E-state index >= 15 is 0 Å². The third-order valence-corrected chi connectivity index (χ3v) is 2.97. The first kappa shape index (κ1) is 13.4. The van der Waals surface area contributed by atoms with Gasteiger partial charge >= 0.3 is 5.97 Å². The molecule has 0 atom stereocenters. The van der Waals surface area contributed by atoms with Crippen molar-refractivity contribution in [2.45, 2.75) is 20.0 Å². The zero-order valence-electron chi connectivity index (χ0n) is 11.0. The predicted molar refractivity (Wildman–Crippen MR) is 69.2 cm³/mol. The van der Waals surface area contributed by atoms with Gasteiger partial charge in [0, 0.05) is 18.7 Å². The smallest absolute Gasteiger partial charge is 0.310 e. The maximum Gasteiger partial charge on any atom is 0.310 e. The lowest BCUT2D eigenvalue weighted by molar-refractivity contribution is -0.146. The van der Waals surface area contributed by atoms with Gasteiger partial charge in [0.05, 0.1) is 12.0 Å². The highest BCUT2D eigenvalue weighted by molar-refractivity contribution is 5.96. The van der Waals surface area contributed by atoms with E-state index in [4.69, 9.17) is 9.84 Å². The van der Waals surface area contributed by atoms with Crippen LogP contribution in [0.2, 0.25) is 0 Å². The third kappa shape index (κ3) is 3.05. The Hall–Kier alpha value is -2.04. The SMILES string of the molecule is CC(C)Oc1cccc(C(=O)N2CC(C(=O)O)C2)c1. The summed E-state index contributed by atoms with van der Waals surface area (Å²) in [5.74, 6) is -0.775. The summed E-state index contributed by atoms with van der Waals surface area (Å²) >= 11 is 0. The van der Waals surface area contributed by atoms with Gasteiger partial charge in [-0.1, -0.05) is 6.07 Å². The summed E-state index contributed by atoms with van der Waals surface area (Å²) in [6.45, 7) is 4.40. The lowest BCUT2D eigenvalue weighted by atomic mass is 9.99. The molecule has 1 amide bonds. The lowest BCUT2D eigenvalue weighted by Crippen LogP contribution is -2.53. The molecule has 0 spiro atoms. The number of carboxylic acid groups (broad SMARTS) is 1. The van der Waals surface area contributed by atoms with Crippen LogP contribution in [0.5, 0.6) is 5.75 Å². The van der Waals surface area contributed by atoms with Gasteiger partial charge in [0.15, 0.2) is 0 Å². The largest absolute Gasteiger partial charge is 0.491 e. The first-order chi connectivity index (χ1) is 8.97. The molecule has 102 valence electrons. The number of hydrogen-bond acceptors (Lipinski definition) is 3. The van der Waals surface area contributed by atoms with Crippen LogP contribution < -0.4 is 4.74 Å². The van der Waals surface area contributed by atoms with Crippen molar-refractivity contribution in [2.24, 2.45) is 5.92 Å². The first-order valence-corrected chi connectivity index (χ1v) is 6.26. The molecule has 1 fully saturated rings. The second-order valence-electron chi connectivity index (χ2n) is 4.94. The number of carbonyl (C=O) groups excluding carboxylic acids is 1. The van der Waals surface area contributed by atoms with E-state index in [9.17, 15) is 9.59 Å². The number of nitrogens with zero attached hydrogens (tertiary/aromatic N) is 1. The fourth-order valence-electron chi connectivity index (χ4n) is 1.96. The maximum absolute atomic E-state index is 12.1. The zero-order valence-corrected chi connectivity index (χ0v) is 11.0. The molecule has 0 aliphatic carbocycles. The number of likely N-dealkylation sites (tertiary alicyclic amines) is 1. The highest BCUT2D eigenvalue weighted by Crippen LogP contribution is 2.21. The lowest BCUT2D eigenvalue weighted by Gasteiger charge is -2.36. The number of ether oxygens (including phenoxy) is 1. The normalized spacial score (nSPS) is 15.2. The molecule has 1 aromatic carbocycles. The minimum Gasteiger partial charge on any atom is -0.491 e. The van der Waals surface area contributed by atoms with Gasteiger partial charge in [0.2, 0.25) is 0 Å². The molecular weight excluding hydrogens is 246 g/mol. The maximum atomic E-state index is 12.1. The van der Waals surface area contributed by atoms with Gasteiger partial charge in [0.1, 0.15) is 5.75 Å². The van der Waals surface area contributed by atoms with E-state index in [1.165, 1.54) is 4.90 Å². The van der Waals surface area contributed by atoms with Crippen molar-refractivity contribution in [2.75, 3.05) is 13.1 Å². The summed E-state index contributed by atoms with van der Waals surface area (Å²) in [6, 6.07) is 6.96. The van der Waals surface area contributed by atoms with E-state index in [-0.39, 0.29) is 25.1 Å². The molecular formula is C14H17NO4. The molecule has 1 saturated heterocycles. The highest BCUT2D eigenvalue weighted by atomic mass is 16.5. The number of carboxylic acids is 1. The van der Waals surface area contributed by atoms with E-state index in [2.05, 4.69) is 0 Å². The van der Waals surface area contributed by atoms with Crippen molar-refractivity contribution < 1.29 is 19.4 Å². The number of hydrogen-bond donors (Lipinski definition) is 1. The second kappa shape index (κ2) is 5.30. The van der Waals surface area contributed by atoms with Gasteiger partial charge in [-0.2, -0.15) is 0 Å². The van der Waals surface area contributed by atoms with Crippen LogP contribution in [0.4, 0.5) is 0 Å². The molecule has 2 rings (SSSR count). The Morgan fingerprint density at radius 1 is 1.37 bits per heavy atom. The van der Waals surface area contributed by atoms with Crippen molar-refractivity contribution >= 4 is 11.9 Å². The molecule has 0 saturated carbocycles. The monoisotopic (exact) mass is 263 g/mol. The van der Waals surface area contributed by atoms with Crippen LogP contribution in [-0.2, 0) is 4.79 Å². The van der Waals surface area contributed by atoms with Crippen molar-refractivity contribution in [1.29, 1.82) is 0 Å². The topological polar surface area (TPSA) is 66.8 Å². The Kier molecular flexibility index (Phi) is 3.74. The molecule has 5 heteroatoms.